The van der Waals surface area contributed by atoms with Gasteiger partial charge in [0.1, 0.15) is 0 Å². The number of halogens is 1. The molecule has 0 bridgehead atoms. The fourth-order valence-electron chi connectivity index (χ4n) is 2.15. The second-order valence-corrected chi connectivity index (χ2v) is 6.68. The molecule has 122 valence electrons. The third-order valence-electron chi connectivity index (χ3n) is 3.47. The molecule has 0 fully saturated rings. The van der Waals surface area contributed by atoms with Gasteiger partial charge in [-0.05, 0) is 53.8 Å². The Kier molecular flexibility index (Phi) is 5.24. The van der Waals surface area contributed by atoms with Gasteiger partial charge < -0.3 is 9.84 Å². The summed E-state index contributed by atoms with van der Waals surface area (Å²) < 4.78 is 6.35. The number of hydrogen-bond acceptors (Lipinski definition) is 4. The Morgan fingerprint density at radius 3 is 2.54 bits per heavy atom. The largest absolute Gasteiger partial charge is 0.339 e. The average Bonchev–Trinajstić information content (AvgIpc) is 3.05. The number of hydrogen-bond donors (Lipinski definition) is 1. The molecule has 0 aliphatic rings. The number of aryl methyl sites for hydroxylation is 2. The number of nitrogens with zero attached hydrogens (tertiary/aromatic N) is 2. The van der Waals surface area contributed by atoms with Crippen LogP contribution in [0.2, 0.25) is 0 Å². The monoisotopic (exact) mass is 433 g/mol. The number of nitrogens with one attached hydrogen (secondary N) is 1. The SMILES string of the molecule is Cc1ccc(-c2noc(CCC(=O)Nc3ccc(I)cc3)n2)cc1. The number of carbonyl (C=O) groups is 1. The Hall–Kier alpha value is -2.22. The van der Waals surface area contributed by atoms with Crippen LogP contribution in [-0.2, 0) is 11.2 Å². The molecular formula is C18H16IN3O2. The van der Waals surface area contributed by atoms with Gasteiger partial charge in [-0.1, -0.05) is 35.0 Å². The van der Waals surface area contributed by atoms with E-state index in [4.69, 9.17) is 4.52 Å². The van der Waals surface area contributed by atoms with E-state index < -0.39 is 0 Å². The molecule has 6 heteroatoms. The highest BCUT2D eigenvalue weighted by Gasteiger charge is 2.10. The van der Waals surface area contributed by atoms with Crippen LogP contribution in [0, 0.1) is 10.5 Å². The van der Waals surface area contributed by atoms with Crippen molar-refractivity contribution < 1.29 is 9.32 Å². The molecule has 1 amide bonds. The molecule has 3 aromatic rings. The summed E-state index contributed by atoms with van der Waals surface area (Å²) in [4.78, 5) is 16.3. The minimum Gasteiger partial charge on any atom is -0.339 e. The van der Waals surface area contributed by atoms with E-state index in [0.29, 0.717) is 24.6 Å². The molecule has 0 aliphatic heterocycles. The van der Waals surface area contributed by atoms with Crippen LogP contribution in [-0.4, -0.2) is 16.0 Å². The fourth-order valence-corrected chi connectivity index (χ4v) is 2.51. The van der Waals surface area contributed by atoms with Crippen LogP contribution in [0.25, 0.3) is 11.4 Å². The van der Waals surface area contributed by atoms with Crippen LogP contribution in [0.4, 0.5) is 5.69 Å². The third kappa shape index (κ3) is 4.41. The first-order valence-electron chi connectivity index (χ1n) is 7.55. The van der Waals surface area contributed by atoms with Crippen LogP contribution in [0.5, 0.6) is 0 Å². The molecule has 24 heavy (non-hydrogen) atoms. The first-order chi connectivity index (χ1) is 11.6. The summed E-state index contributed by atoms with van der Waals surface area (Å²) in [6, 6.07) is 15.5. The molecule has 0 atom stereocenters. The Balaban J connectivity index is 1.56. The molecular weight excluding hydrogens is 417 g/mol. The highest BCUT2D eigenvalue weighted by Crippen LogP contribution is 2.17. The van der Waals surface area contributed by atoms with Gasteiger partial charge in [-0.25, -0.2) is 0 Å². The van der Waals surface area contributed by atoms with Gasteiger partial charge in [0, 0.05) is 27.7 Å². The third-order valence-corrected chi connectivity index (χ3v) is 4.19. The maximum absolute atomic E-state index is 12.0. The van der Waals surface area contributed by atoms with E-state index >= 15 is 0 Å². The van der Waals surface area contributed by atoms with Gasteiger partial charge in [-0.15, -0.1) is 0 Å². The predicted molar refractivity (Wildman–Crippen MR) is 101 cm³/mol. The predicted octanol–water partition coefficient (Wildman–Crippen LogP) is 4.22. The second-order valence-electron chi connectivity index (χ2n) is 5.43. The van der Waals surface area contributed by atoms with Crippen LogP contribution < -0.4 is 5.32 Å². The summed E-state index contributed by atoms with van der Waals surface area (Å²) in [6.07, 6.45) is 0.705. The highest BCUT2D eigenvalue weighted by atomic mass is 127. The fraction of sp³-hybridized carbons (Fsp3) is 0.167. The lowest BCUT2D eigenvalue weighted by molar-refractivity contribution is -0.116. The molecule has 5 nitrogen and oxygen atoms in total. The average molecular weight is 433 g/mol. The van der Waals surface area contributed by atoms with E-state index in [1.807, 2.05) is 55.5 Å². The summed E-state index contributed by atoms with van der Waals surface area (Å²) in [7, 11) is 0. The zero-order valence-corrected chi connectivity index (χ0v) is 15.3. The maximum atomic E-state index is 12.0. The summed E-state index contributed by atoms with van der Waals surface area (Å²) in [6.45, 7) is 2.03. The maximum Gasteiger partial charge on any atom is 0.227 e. The molecule has 0 spiro atoms. The molecule has 0 saturated carbocycles. The van der Waals surface area contributed by atoms with Gasteiger partial charge in [-0.2, -0.15) is 4.98 Å². The highest BCUT2D eigenvalue weighted by molar-refractivity contribution is 14.1. The smallest absolute Gasteiger partial charge is 0.227 e. The van der Waals surface area contributed by atoms with Gasteiger partial charge in [0.2, 0.25) is 17.6 Å². The van der Waals surface area contributed by atoms with E-state index in [0.717, 1.165) is 14.8 Å². The number of carbonyl (C=O) groups excluding carboxylic acids is 1. The molecule has 1 N–H and O–H groups in total. The number of benzene rings is 2. The molecule has 0 radical (unpaired) electrons. The molecule has 1 heterocycles. The van der Waals surface area contributed by atoms with Gasteiger partial charge in [-0.3, -0.25) is 4.79 Å². The molecule has 1 aromatic heterocycles. The molecule has 0 unspecified atom stereocenters. The first kappa shape index (κ1) is 16.6. The summed E-state index contributed by atoms with van der Waals surface area (Å²) in [5.41, 5.74) is 2.86. The van der Waals surface area contributed by atoms with Gasteiger partial charge in [0.25, 0.3) is 0 Å². The quantitative estimate of drug-likeness (QED) is 0.612. The Labute approximate surface area is 153 Å². The van der Waals surface area contributed by atoms with Crippen molar-refractivity contribution in [2.75, 3.05) is 5.32 Å². The molecule has 2 aromatic carbocycles. The lowest BCUT2D eigenvalue weighted by Gasteiger charge is -2.03. The molecule has 0 aliphatic carbocycles. The lowest BCUT2D eigenvalue weighted by atomic mass is 10.1. The Morgan fingerprint density at radius 2 is 1.83 bits per heavy atom. The van der Waals surface area contributed by atoms with Crippen molar-refractivity contribution in [1.82, 2.24) is 10.1 Å². The van der Waals surface area contributed by atoms with E-state index in [9.17, 15) is 4.79 Å². The van der Waals surface area contributed by atoms with Crippen LogP contribution in [0.15, 0.2) is 53.1 Å². The summed E-state index contributed by atoms with van der Waals surface area (Å²) >= 11 is 2.22. The minimum absolute atomic E-state index is 0.0775. The van der Waals surface area contributed by atoms with Crippen molar-refractivity contribution >= 4 is 34.2 Å². The van der Waals surface area contributed by atoms with E-state index in [1.54, 1.807) is 0 Å². The van der Waals surface area contributed by atoms with Crippen LogP contribution in [0.3, 0.4) is 0 Å². The Morgan fingerprint density at radius 1 is 1.12 bits per heavy atom. The van der Waals surface area contributed by atoms with Crippen LogP contribution >= 0.6 is 22.6 Å². The minimum atomic E-state index is -0.0775. The summed E-state index contributed by atoms with van der Waals surface area (Å²) in [5, 5.41) is 6.82. The van der Waals surface area contributed by atoms with E-state index in [2.05, 4.69) is 38.0 Å². The zero-order valence-electron chi connectivity index (χ0n) is 13.1. The number of amides is 1. The first-order valence-corrected chi connectivity index (χ1v) is 8.63. The zero-order chi connectivity index (χ0) is 16.9. The van der Waals surface area contributed by atoms with E-state index in [1.165, 1.54) is 5.56 Å². The van der Waals surface area contributed by atoms with Crippen molar-refractivity contribution in [1.29, 1.82) is 0 Å². The number of rotatable bonds is 5. The lowest BCUT2D eigenvalue weighted by Crippen LogP contribution is -2.12. The normalized spacial score (nSPS) is 10.6. The standard InChI is InChI=1S/C18H16IN3O2/c1-12-2-4-13(5-3-12)18-21-17(24-22-18)11-10-16(23)20-15-8-6-14(19)7-9-15/h2-9H,10-11H2,1H3,(H,20,23). The number of anilines is 1. The molecule has 0 saturated heterocycles. The van der Waals surface area contributed by atoms with Crippen LogP contribution in [0.1, 0.15) is 17.9 Å². The van der Waals surface area contributed by atoms with Gasteiger partial charge >= 0.3 is 0 Å². The molecule has 3 rings (SSSR count). The van der Waals surface area contributed by atoms with Gasteiger partial charge in [0.05, 0.1) is 0 Å². The van der Waals surface area contributed by atoms with Crippen molar-refractivity contribution in [3.05, 3.63) is 63.6 Å². The topological polar surface area (TPSA) is 68.0 Å². The number of aromatic nitrogens is 2. The second kappa shape index (κ2) is 7.57. The van der Waals surface area contributed by atoms with Crippen molar-refractivity contribution in [2.24, 2.45) is 0 Å². The van der Waals surface area contributed by atoms with Crippen molar-refractivity contribution in [2.45, 2.75) is 19.8 Å². The van der Waals surface area contributed by atoms with Crippen molar-refractivity contribution in [3.63, 3.8) is 0 Å². The van der Waals surface area contributed by atoms with Crippen molar-refractivity contribution in [3.8, 4) is 11.4 Å². The Bertz CT molecular complexity index is 826. The summed E-state index contributed by atoms with van der Waals surface area (Å²) in [5.74, 6) is 0.928. The van der Waals surface area contributed by atoms with E-state index in [-0.39, 0.29) is 5.91 Å². The van der Waals surface area contributed by atoms with Gasteiger partial charge in [0.15, 0.2) is 0 Å².